The van der Waals surface area contributed by atoms with Crippen LogP contribution in [-0.2, 0) is 0 Å². The first-order valence-electron chi connectivity index (χ1n) is 10.5. The van der Waals surface area contributed by atoms with Crippen molar-refractivity contribution in [2.75, 3.05) is 13.2 Å². The molecule has 1 fully saturated rings. The number of likely N-dealkylation sites (tertiary alicyclic amines) is 1. The van der Waals surface area contributed by atoms with Gasteiger partial charge in [-0.05, 0) is 51.7 Å². The van der Waals surface area contributed by atoms with E-state index in [9.17, 15) is 9.59 Å². The lowest BCUT2D eigenvalue weighted by Crippen LogP contribution is -2.57. The van der Waals surface area contributed by atoms with Crippen molar-refractivity contribution in [2.45, 2.75) is 51.6 Å². The molecule has 4 rings (SSSR count). The van der Waals surface area contributed by atoms with Crippen LogP contribution in [-0.4, -0.2) is 46.9 Å². The molecule has 2 aliphatic heterocycles. The highest BCUT2D eigenvalue weighted by atomic mass is 32.1. The lowest BCUT2D eigenvalue weighted by Gasteiger charge is -2.41. The Morgan fingerprint density at radius 3 is 2.90 bits per heavy atom. The van der Waals surface area contributed by atoms with E-state index in [4.69, 9.17) is 4.74 Å². The zero-order valence-corrected chi connectivity index (χ0v) is 18.2. The molecule has 158 valence electrons. The number of piperidine rings is 1. The second-order valence-corrected chi connectivity index (χ2v) is 8.98. The van der Waals surface area contributed by atoms with Crippen molar-refractivity contribution in [3.63, 3.8) is 0 Å². The number of aryl methyl sites for hydroxylation is 2. The number of para-hydroxylation sites is 1. The fraction of sp³-hybridized carbons (Fsp3) is 0.435. The Kier molecular flexibility index (Phi) is 6.18. The Morgan fingerprint density at radius 1 is 1.27 bits per heavy atom. The number of amides is 2. The van der Waals surface area contributed by atoms with Gasteiger partial charge in [-0.25, -0.2) is 4.98 Å². The van der Waals surface area contributed by atoms with Crippen molar-refractivity contribution >= 4 is 23.2 Å². The van der Waals surface area contributed by atoms with Crippen molar-refractivity contribution in [1.82, 2.24) is 15.2 Å². The molecular weight excluding hydrogens is 398 g/mol. The lowest BCUT2D eigenvalue weighted by molar-refractivity contribution is 0.0534. The Balaban J connectivity index is 1.64. The SMILES string of the molecule is Cc1nc(C)c(C(=O)N2CCC[C@@H]3NC(=O)c4ccccc4OCC/C=C/C[C@@H]32)s1. The van der Waals surface area contributed by atoms with Crippen molar-refractivity contribution < 1.29 is 14.3 Å². The molecule has 3 heterocycles. The summed E-state index contributed by atoms with van der Waals surface area (Å²) in [5.74, 6) is 0.468. The summed E-state index contributed by atoms with van der Waals surface area (Å²) in [7, 11) is 0. The van der Waals surface area contributed by atoms with Crippen molar-refractivity contribution in [1.29, 1.82) is 0 Å². The van der Waals surface area contributed by atoms with Gasteiger partial charge in [-0.1, -0.05) is 24.3 Å². The van der Waals surface area contributed by atoms with Gasteiger partial charge in [-0.3, -0.25) is 9.59 Å². The minimum absolute atomic E-state index is 0.0197. The van der Waals surface area contributed by atoms with Crippen molar-refractivity contribution in [3.8, 4) is 5.75 Å². The van der Waals surface area contributed by atoms with Crippen LogP contribution >= 0.6 is 11.3 Å². The van der Waals surface area contributed by atoms with E-state index in [1.807, 2.05) is 36.9 Å². The molecule has 1 saturated heterocycles. The van der Waals surface area contributed by atoms with Crippen LogP contribution in [0.4, 0.5) is 0 Å². The van der Waals surface area contributed by atoms with E-state index in [0.717, 1.165) is 30.0 Å². The van der Waals surface area contributed by atoms with Gasteiger partial charge in [-0.2, -0.15) is 0 Å². The van der Waals surface area contributed by atoms with Crippen LogP contribution in [0.25, 0.3) is 0 Å². The summed E-state index contributed by atoms with van der Waals surface area (Å²) in [5, 5.41) is 4.09. The summed E-state index contributed by atoms with van der Waals surface area (Å²) in [5.41, 5.74) is 1.32. The number of thiazole rings is 1. The third-order valence-corrected chi connectivity index (χ3v) is 6.73. The van der Waals surface area contributed by atoms with E-state index in [1.54, 1.807) is 6.07 Å². The summed E-state index contributed by atoms with van der Waals surface area (Å²) in [6.07, 6.45) is 7.37. The predicted molar refractivity (Wildman–Crippen MR) is 117 cm³/mol. The smallest absolute Gasteiger partial charge is 0.266 e. The summed E-state index contributed by atoms with van der Waals surface area (Å²) < 4.78 is 5.82. The van der Waals surface area contributed by atoms with Gasteiger partial charge in [0.15, 0.2) is 0 Å². The molecule has 1 aromatic carbocycles. The van der Waals surface area contributed by atoms with Gasteiger partial charge in [0, 0.05) is 12.6 Å². The average Bonchev–Trinajstić information content (AvgIpc) is 3.08. The molecule has 0 spiro atoms. The van der Waals surface area contributed by atoms with Crippen LogP contribution < -0.4 is 10.1 Å². The molecule has 1 aromatic heterocycles. The minimum atomic E-state index is -0.149. The van der Waals surface area contributed by atoms with E-state index in [2.05, 4.69) is 22.5 Å². The second-order valence-electron chi connectivity index (χ2n) is 7.78. The number of aromatic nitrogens is 1. The highest BCUT2D eigenvalue weighted by molar-refractivity contribution is 7.13. The summed E-state index contributed by atoms with van der Waals surface area (Å²) in [6, 6.07) is 7.14. The van der Waals surface area contributed by atoms with Gasteiger partial charge in [-0.15, -0.1) is 11.3 Å². The van der Waals surface area contributed by atoms with E-state index in [1.165, 1.54) is 11.3 Å². The molecule has 0 unspecified atom stereocenters. The van der Waals surface area contributed by atoms with E-state index in [0.29, 0.717) is 35.8 Å². The molecule has 2 amide bonds. The van der Waals surface area contributed by atoms with Crippen LogP contribution in [0.5, 0.6) is 5.75 Å². The fourth-order valence-corrected chi connectivity index (χ4v) is 5.12. The van der Waals surface area contributed by atoms with Crippen LogP contribution in [0.15, 0.2) is 36.4 Å². The number of hydrogen-bond donors (Lipinski definition) is 1. The maximum absolute atomic E-state index is 13.4. The van der Waals surface area contributed by atoms with Gasteiger partial charge in [0.05, 0.1) is 28.9 Å². The summed E-state index contributed by atoms with van der Waals surface area (Å²) >= 11 is 1.45. The number of carbonyl (C=O) groups is 2. The fourth-order valence-electron chi connectivity index (χ4n) is 4.25. The maximum atomic E-state index is 13.4. The first-order chi connectivity index (χ1) is 14.5. The molecule has 0 bridgehead atoms. The first kappa shape index (κ1) is 20.6. The Labute approximate surface area is 181 Å². The van der Waals surface area contributed by atoms with E-state index >= 15 is 0 Å². The summed E-state index contributed by atoms with van der Waals surface area (Å²) in [6.45, 7) is 5.01. The topological polar surface area (TPSA) is 71.5 Å². The number of carbonyl (C=O) groups excluding carboxylic acids is 2. The van der Waals surface area contributed by atoms with Crippen molar-refractivity contribution in [2.24, 2.45) is 0 Å². The van der Waals surface area contributed by atoms with Gasteiger partial charge < -0.3 is 15.0 Å². The number of nitrogens with one attached hydrogen (secondary N) is 1. The molecule has 2 aromatic rings. The van der Waals surface area contributed by atoms with Crippen LogP contribution in [0.3, 0.4) is 0 Å². The third kappa shape index (κ3) is 4.26. The minimum Gasteiger partial charge on any atom is -0.492 e. The van der Waals surface area contributed by atoms with Crippen LogP contribution in [0, 0.1) is 13.8 Å². The second kappa shape index (κ2) is 9.00. The highest BCUT2D eigenvalue weighted by Gasteiger charge is 2.36. The molecule has 0 aliphatic carbocycles. The normalized spacial score (nSPS) is 23.1. The zero-order chi connectivity index (χ0) is 21.1. The number of ether oxygens (including phenoxy) is 1. The van der Waals surface area contributed by atoms with Gasteiger partial charge in [0.25, 0.3) is 11.8 Å². The Bertz CT molecular complexity index is 968. The number of rotatable bonds is 1. The summed E-state index contributed by atoms with van der Waals surface area (Å²) in [4.78, 5) is 33.5. The average molecular weight is 426 g/mol. The van der Waals surface area contributed by atoms with Crippen LogP contribution in [0.1, 0.15) is 56.4 Å². The predicted octanol–water partition coefficient (Wildman–Crippen LogP) is 3.89. The monoisotopic (exact) mass is 425 g/mol. The largest absolute Gasteiger partial charge is 0.492 e. The zero-order valence-electron chi connectivity index (χ0n) is 17.4. The Hall–Kier alpha value is -2.67. The molecule has 1 N–H and O–H groups in total. The van der Waals surface area contributed by atoms with Gasteiger partial charge in [0.1, 0.15) is 10.6 Å². The molecule has 7 heteroatoms. The number of nitrogens with zero attached hydrogens (tertiary/aromatic N) is 2. The van der Waals surface area contributed by atoms with E-state index in [-0.39, 0.29) is 23.9 Å². The highest BCUT2D eigenvalue weighted by Crippen LogP contribution is 2.28. The third-order valence-electron chi connectivity index (χ3n) is 5.67. The lowest BCUT2D eigenvalue weighted by atomic mass is 9.92. The molecular formula is C23H27N3O3S. The number of benzene rings is 1. The maximum Gasteiger partial charge on any atom is 0.266 e. The molecule has 2 aliphatic rings. The standard InChI is InChI=1S/C23H27N3O3S/c1-15-21(30-16(2)24-15)23(28)26-13-8-10-18-19(26)11-4-3-7-14-29-20-12-6-5-9-17(20)22(27)25-18/h3-6,9,12,18-19H,7-8,10-11,13-14H2,1-2H3,(H,25,27)/b4-3+/t18-,19-/m0/s1. The first-order valence-corrected chi connectivity index (χ1v) is 11.3. The number of hydrogen-bond acceptors (Lipinski definition) is 5. The molecule has 2 atom stereocenters. The van der Waals surface area contributed by atoms with Crippen molar-refractivity contribution in [3.05, 3.63) is 57.6 Å². The van der Waals surface area contributed by atoms with Gasteiger partial charge >= 0.3 is 0 Å². The molecule has 6 nitrogen and oxygen atoms in total. The molecule has 30 heavy (non-hydrogen) atoms. The quantitative estimate of drug-likeness (QED) is 0.704. The van der Waals surface area contributed by atoms with Gasteiger partial charge in [0.2, 0.25) is 0 Å². The molecule has 0 saturated carbocycles. The van der Waals surface area contributed by atoms with Crippen LogP contribution in [0.2, 0.25) is 0 Å². The number of fused-ring (bicyclic) bond motifs is 2. The Morgan fingerprint density at radius 2 is 2.10 bits per heavy atom. The van der Waals surface area contributed by atoms with E-state index < -0.39 is 0 Å². The molecule has 0 radical (unpaired) electrons.